The van der Waals surface area contributed by atoms with Crippen LogP contribution in [0, 0.1) is 0 Å². The first kappa shape index (κ1) is 15.6. The first-order chi connectivity index (χ1) is 12.2. The molecule has 0 aromatic heterocycles. The molecule has 4 heteroatoms. The van der Waals surface area contributed by atoms with Crippen molar-refractivity contribution in [2.24, 2.45) is 0 Å². The smallest absolute Gasteiger partial charge is 0.235 e. The predicted molar refractivity (Wildman–Crippen MR) is 96.3 cm³/mol. The second-order valence-corrected chi connectivity index (χ2v) is 7.90. The lowest BCUT2D eigenvalue weighted by molar-refractivity contribution is -0.159. The molecule has 4 aliphatic rings. The molecule has 132 valence electrons. The molecule has 5 rings (SSSR count). The summed E-state index contributed by atoms with van der Waals surface area (Å²) in [5.74, 6) is -0.163. The van der Waals surface area contributed by atoms with Gasteiger partial charge in [0.05, 0.1) is 18.6 Å². The van der Waals surface area contributed by atoms with E-state index in [9.17, 15) is 4.79 Å². The average Bonchev–Trinajstić information content (AvgIpc) is 3.20. The fraction of sp³-hybridized carbons (Fsp3) is 0.571. The molecule has 1 amide bonds. The van der Waals surface area contributed by atoms with Gasteiger partial charge in [-0.3, -0.25) is 4.79 Å². The van der Waals surface area contributed by atoms with Crippen molar-refractivity contribution < 1.29 is 14.3 Å². The number of carbonyl (C=O) groups excluding carboxylic acids is 1. The van der Waals surface area contributed by atoms with Gasteiger partial charge >= 0.3 is 0 Å². The first-order valence-corrected chi connectivity index (χ1v) is 9.64. The van der Waals surface area contributed by atoms with Crippen LogP contribution in [0.1, 0.15) is 62.5 Å². The van der Waals surface area contributed by atoms with Crippen LogP contribution in [0.2, 0.25) is 0 Å². The first-order valence-electron chi connectivity index (χ1n) is 9.64. The van der Waals surface area contributed by atoms with Crippen LogP contribution in [0.5, 0.6) is 0 Å². The van der Waals surface area contributed by atoms with E-state index >= 15 is 0 Å². The molecule has 0 atom stereocenters. The van der Waals surface area contributed by atoms with E-state index < -0.39 is 0 Å². The topological polar surface area (TPSA) is 47.6 Å². The van der Waals surface area contributed by atoms with Crippen LogP contribution in [-0.4, -0.2) is 24.9 Å². The van der Waals surface area contributed by atoms with Crippen molar-refractivity contribution >= 4 is 17.2 Å². The number of amides is 1. The highest BCUT2D eigenvalue weighted by Crippen LogP contribution is 2.48. The molecule has 25 heavy (non-hydrogen) atoms. The molecule has 2 aliphatic carbocycles. The summed E-state index contributed by atoms with van der Waals surface area (Å²) >= 11 is 0. The Hall–Kier alpha value is -1.65. The zero-order chi connectivity index (χ0) is 16.9. The van der Waals surface area contributed by atoms with Crippen LogP contribution in [0.15, 0.2) is 24.3 Å². The van der Waals surface area contributed by atoms with E-state index in [2.05, 4.69) is 29.6 Å². The third-order valence-electron chi connectivity index (χ3n) is 6.54. The second-order valence-electron chi connectivity index (χ2n) is 7.90. The zero-order valence-electron chi connectivity index (χ0n) is 14.6. The van der Waals surface area contributed by atoms with Crippen molar-refractivity contribution in [2.45, 2.75) is 62.6 Å². The summed E-state index contributed by atoms with van der Waals surface area (Å²) in [6, 6.07) is 6.58. The van der Waals surface area contributed by atoms with Gasteiger partial charge < -0.3 is 14.8 Å². The number of rotatable bonds is 1. The monoisotopic (exact) mass is 339 g/mol. The SMILES string of the molecule is O=C1Nc2cc(C3=CCC4(CC3)OCCO4)ccc2C12CCCCC2. The van der Waals surface area contributed by atoms with Crippen LogP contribution >= 0.6 is 0 Å². The van der Waals surface area contributed by atoms with Crippen LogP contribution in [-0.2, 0) is 19.7 Å². The minimum atomic E-state index is -0.374. The maximum absolute atomic E-state index is 12.7. The number of benzene rings is 1. The van der Waals surface area contributed by atoms with Crippen molar-refractivity contribution in [2.75, 3.05) is 18.5 Å². The quantitative estimate of drug-likeness (QED) is 0.836. The van der Waals surface area contributed by atoms with Crippen LogP contribution < -0.4 is 5.32 Å². The lowest BCUT2D eigenvalue weighted by atomic mass is 9.70. The Bertz CT molecular complexity index is 740. The van der Waals surface area contributed by atoms with Gasteiger partial charge in [-0.05, 0) is 42.0 Å². The van der Waals surface area contributed by atoms with Gasteiger partial charge in [0, 0.05) is 18.5 Å². The Morgan fingerprint density at radius 1 is 1.00 bits per heavy atom. The molecular weight excluding hydrogens is 314 g/mol. The number of anilines is 1. The van der Waals surface area contributed by atoms with E-state index in [1.54, 1.807) is 0 Å². The van der Waals surface area contributed by atoms with Gasteiger partial charge in [-0.25, -0.2) is 0 Å². The van der Waals surface area contributed by atoms with E-state index in [4.69, 9.17) is 9.47 Å². The molecule has 1 saturated heterocycles. The Labute approximate surface area is 148 Å². The highest BCUT2D eigenvalue weighted by atomic mass is 16.7. The largest absolute Gasteiger partial charge is 0.347 e. The van der Waals surface area contributed by atoms with Gasteiger partial charge in [-0.2, -0.15) is 0 Å². The van der Waals surface area contributed by atoms with E-state index in [0.717, 1.165) is 50.6 Å². The van der Waals surface area contributed by atoms with E-state index in [0.29, 0.717) is 13.2 Å². The fourth-order valence-corrected chi connectivity index (χ4v) is 5.11. The summed E-state index contributed by atoms with van der Waals surface area (Å²) in [6.45, 7) is 1.41. The molecule has 1 saturated carbocycles. The highest BCUT2D eigenvalue weighted by molar-refractivity contribution is 6.06. The predicted octanol–water partition coefficient (Wildman–Crippen LogP) is 4.15. The molecule has 1 N–H and O–H groups in total. The molecule has 2 aliphatic heterocycles. The summed E-state index contributed by atoms with van der Waals surface area (Å²) in [5.41, 5.74) is 4.55. The Morgan fingerprint density at radius 3 is 2.52 bits per heavy atom. The zero-order valence-corrected chi connectivity index (χ0v) is 14.6. The third kappa shape index (κ3) is 2.38. The number of fused-ring (bicyclic) bond motifs is 2. The second kappa shape index (κ2) is 5.68. The molecule has 1 aromatic carbocycles. The average molecular weight is 339 g/mol. The maximum Gasteiger partial charge on any atom is 0.235 e. The van der Waals surface area contributed by atoms with E-state index in [-0.39, 0.29) is 17.1 Å². The summed E-state index contributed by atoms with van der Waals surface area (Å²) in [4.78, 5) is 12.7. The van der Waals surface area contributed by atoms with Crippen molar-refractivity contribution in [3.05, 3.63) is 35.4 Å². The molecule has 2 heterocycles. The molecule has 0 unspecified atom stereocenters. The van der Waals surface area contributed by atoms with Crippen LogP contribution in [0.4, 0.5) is 5.69 Å². The van der Waals surface area contributed by atoms with E-state index in [1.165, 1.54) is 23.1 Å². The van der Waals surface area contributed by atoms with Gasteiger partial charge in [0.15, 0.2) is 5.79 Å². The molecule has 1 aromatic rings. The summed E-state index contributed by atoms with van der Waals surface area (Å²) in [7, 11) is 0. The standard InChI is InChI=1S/C21H25NO3/c23-19-20(8-2-1-3-9-20)17-5-4-16(14-18(17)22-19)15-6-10-21(11-7-15)24-12-13-25-21/h4-6,14H,1-3,7-13H2,(H,22,23). The normalized spacial score (nSPS) is 26.6. The molecule has 0 radical (unpaired) electrons. The Kier molecular flexibility index (Phi) is 3.54. The Morgan fingerprint density at radius 2 is 1.80 bits per heavy atom. The van der Waals surface area contributed by atoms with Gasteiger partial charge in [-0.1, -0.05) is 37.5 Å². The van der Waals surface area contributed by atoms with Gasteiger partial charge in [0.1, 0.15) is 0 Å². The number of hydrogen-bond donors (Lipinski definition) is 1. The van der Waals surface area contributed by atoms with Crippen LogP contribution in [0.3, 0.4) is 0 Å². The maximum atomic E-state index is 12.7. The number of ether oxygens (including phenoxy) is 2. The van der Waals surface area contributed by atoms with E-state index in [1.807, 2.05) is 0 Å². The molecule has 0 bridgehead atoms. The van der Waals surface area contributed by atoms with Crippen molar-refractivity contribution in [3.8, 4) is 0 Å². The molecule has 2 spiro atoms. The van der Waals surface area contributed by atoms with Crippen molar-refractivity contribution in [1.82, 2.24) is 0 Å². The molecule has 2 fully saturated rings. The molecule has 4 nitrogen and oxygen atoms in total. The molecular formula is C21H25NO3. The number of allylic oxidation sites excluding steroid dienone is 1. The van der Waals surface area contributed by atoms with Crippen molar-refractivity contribution in [3.63, 3.8) is 0 Å². The lowest BCUT2D eigenvalue weighted by Crippen LogP contribution is -2.36. The minimum absolute atomic E-state index is 0.212. The van der Waals surface area contributed by atoms with Gasteiger partial charge in [0.25, 0.3) is 0 Å². The number of carbonyl (C=O) groups is 1. The summed E-state index contributed by atoms with van der Waals surface area (Å²) < 4.78 is 11.6. The highest BCUT2D eigenvalue weighted by Gasteiger charge is 2.47. The van der Waals surface area contributed by atoms with Gasteiger partial charge in [-0.15, -0.1) is 0 Å². The third-order valence-corrected chi connectivity index (χ3v) is 6.54. The van der Waals surface area contributed by atoms with Gasteiger partial charge in [0.2, 0.25) is 5.91 Å². The van der Waals surface area contributed by atoms with Crippen molar-refractivity contribution in [1.29, 1.82) is 0 Å². The summed E-state index contributed by atoms with van der Waals surface area (Å²) in [5, 5.41) is 3.17. The minimum Gasteiger partial charge on any atom is -0.347 e. The summed E-state index contributed by atoms with van der Waals surface area (Å²) in [6.07, 6.45) is 10.5. The number of nitrogens with one attached hydrogen (secondary N) is 1. The van der Waals surface area contributed by atoms with Crippen LogP contribution in [0.25, 0.3) is 5.57 Å². The lowest BCUT2D eigenvalue weighted by Gasteiger charge is -2.32. The fourth-order valence-electron chi connectivity index (χ4n) is 5.11. The Balaban J connectivity index is 1.43. The number of hydrogen-bond acceptors (Lipinski definition) is 3.